The van der Waals surface area contributed by atoms with E-state index in [-0.39, 0.29) is 29.9 Å². The van der Waals surface area contributed by atoms with Crippen molar-refractivity contribution in [2.45, 2.75) is 13.8 Å². The molecule has 136 valence electrons. The van der Waals surface area contributed by atoms with E-state index in [1.807, 2.05) is 0 Å². The van der Waals surface area contributed by atoms with E-state index < -0.39 is 0 Å². The zero-order chi connectivity index (χ0) is 18.8. The number of hydrogen-bond acceptors (Lipinski definition) is 6. The molecule has 4 nitrogen and oxygen atoms in total. The van der Waals surface area contributed by atoms with Crippen LogP contribution in [0.15, 0.2) is 35.0 Å². The van der Waals surface area contributed by atoms with Crippen LogP contribution in [0.2, 0.25) is 0 Å². The van der Waals surface area contributed by atoms with Crippen LogP contribution in [-0.4, -0.2) is 45.8 Å². The summed E-state index contributed by atoms with van der Waals surface area (Å²) in [6.45, 7) is 4.27. The van der Waals surface area contributed by atoms with Crippen molar-refractivity contribution in [3.8, 4) is 20.9 Å². The molecule has 0 fully saturated rings. The van der Waals surface area contributed by atoms with Crippen molar-refractivity contribution in [1.82, 2.24) is 15.9 Å². The van der Waals surface area contributed by atoms with Crippen molar-refractivity contribution in [3.63, 3.8) is 0 Å². The summed E-state index contributed by atoms with van der Waals surface area (Å²) >= 11 is 3.38. The van der Waals surface area contributed by atoms with Crippen LogP contribution in [0.3, 0.4) is 0 Å². The van der Waals surface area contributed by atoms with Gasteiger partial charge in [-0.1, -0.05) is 0 Å². The van der Waals surface area contributed by atoms with E-state index in [4.69, 9.17) is 15.9 Å². The van der Waals surface area contributed by atoms with E-state index in [1.165, 1.54) is 32.0 Å². The van der Waals surface area contributed by atoms with E-state index in [2.05, 4.69) is 48.9 Å². The molecule has 0 unspecified atom stereocenters. The summed E-state index contributed by atoms with van der Waals surface area (Å²) < 4.78 is 19.2. The van der Waals surface area contributed by atoms with Crippen molar-refractivity contribution in [1.29, 1.82) is 0 Å². The van der Waals surface area contributed by atoms with Gasteiger partial charge < -0.3 is 0 Å². The number of nitrogens with zero attached hydrogens (tertiary/aromatic N) is 4. The summed E-state index contributed by atoms with van der Waals surface area (Å²) in [6, 6.07) is 9.01. The topological polar surface area (TPSA) is 51.6 Å². The minimum absolute atomic E-state index is 0.0815. The van der Waals surface area contributed by atoms with Crippen LogP contribution in [0.4, 0.5) is 0 Å². The number of thiophene rings is 2. The molecule has 6 aromatic rings. The molecule has 28 heavy (non-hydrogen) atoms. The summed E-state index contributed by atoms with van der Waals surface area (Å²) in [5.74, 6) is 0. The molecule has 0 N–H and O–H groups in total. The number of fused-ring (bicyclic) bond motifs is 5. The molecule has 0 aliphatic carbocycles. The van der Waals surface area contributed by atoms with Gasteiger partial charge in [-0.3, -0.25) is 0 Å². The van der Waals surface area contributed by atoms with Crippen molar-refractivity contribution < 1.29 is 0 Å². The number of hydrogen-bond donors (Lipinski definition) is 0. The third-order valence-corrected chi connectivity index (χ3v) is 9.24. The second-order valence-electron chi connectivity index (χ2n) is 6.84. The fourth-order valence-corrected chi connectivity index (χ4v) is 7.82. The van der Waals surface area contributed by atoms with Crippen molar-refractivity contribution >= 4 is 85.4 Å². The molecule has 0 atom stereocenters. The third kappa shape index (κ3) is 2.53. The minimum atomic E-state index is -0.0815. The van der Waals surface area contributed by atoms with Gasteiger partial charge in [0.1, 0.15) is 0 Å². The monoisotopic (exact) mass is 532 g/mol. The average Bonchev–Trinajstić information content (AvgIpc) is 3.47. The Hall–Kier alpha value is -1.66. The fraction of sp³-hybridized carbons (Fsp3) is 0.100. The van der Waals surface area contributed by atoms with Gasteiger partial charge in [-0.2, -0.15) is 0 Å². The van der Waals surface area contributed by atoms with Gasteiger partial charge in [0.05, 0.1) is 0 Å². The van der Waals surface area contributed by atoms with E-state index in [1.54, 1.807) is 22.7 Å². The molecule has 0 spiro atoms. The van der Waals surface area contributed by atoms with E-state index >= 15 is 0 Å². The van der Waals surface area contributed by atoms with Crippen LogP contribution in [-0.2, 0) is 0 Å². The number of aromatic nitrogens is 4. The van der Waals surface area contributed by atoms with Crippen molar-refractivity contribution in [2.24, 2.45) is 0 Å². The maximum atomic E-state index is 4.82. The molecule has 0 amide bonds. The summed E-state index contributed by atoms with van der Waals surface area (Å²) in [5, 5.41) is 6.70. The van der Waals surface area contributed by atoms with Crippen LogP contribution in [0.25, 0.3) is 53.7 Å². The Labute approximate surface area is 181 Å². The Balaban J connectivity index is 1.77. The Bertz CT molecular complexity index is 1390. The predicted molar refractivity (Wildman–Crippen MR) is 120 cm³/mol. The van der Waals surface area contributed by atoms with Crippen LogP contribution >= 0.6 is 22.7 Å². The molecular formula is C20H12N4S2Se2. The zero-order valence-electron chi connectivity index (χ0n) is 14.9. The number of benzene rings is 2. The second-order valence-corrected chi connectivity index (χ2v) is 10.9. The molecule has 2 aromatic carbocycles. The molecule has 4 aromatic heterocycles. The molecule has 0 aliphatic rings. The summed E-state index contributed by atoms with van der Waals surface area (Å²) in [6.07, 6.45) is 0. The predicted octanol–water partition coefficient (Wildman–Crippen LogP) is 4.91. The van der Waals surface area contributed by atoms with E-state index in [9.17, 15) is 0 Å². The zero-order valence-corrected chi connectivity index (χ0v) is 19.9. The summed E-state index contributed by atoms with van der Waals surface area (Å²) in [5.41, 5.74) is 9.08. The van der Waals surface area contributed by atoms with Gasteiger partial charge in [0, 0.05) is 0 Å². The quantitative estimate of drug-likeness (QED) is 0.299. The SMILES string of the molecule is Cc1csc(-c2cc3c(cc(-c4cc(C)cs4)c4n[se]nc43)c3n[se]nc23)c1. The van der Waals surface area contributed by atoms with Crippen LogP contribution in [0.5, 0.6) is 0 Å². The Morgan fingerprint density at radius 2 is 1.04 bits per heavy atom. The van der Waals surface area contributed by atoms with Gasteiger partial charge in [0.2, 0.25) is 0 Å². The van der Waals surface area contributed by atoms with E-state index in [0.717, 1.165) is 32.8 Å². The first kappa shape index (κ1) is 17.2. The summed E-state index contributed by atoms with van der Waals surface area (Å²) in [4.78, 5) is 2.50. The molecule has 0 radical (unpaired) electrons. The first-order valence-electron chi connectivity index (χ1n) is 8.64. The first-order chi connectivity index (χ1) is 13.7. The normalized spacial score (nSPS) is 11.9. The number of rotatable bonds is 2. The van der Waals surface area contributed by atoms with Gasteiger partial charge in [0.15, 0.2) is 0 Å². The maximum absolute atomic E-state index is 4.82. The summed E-state index contributed by atoms with van der Waals surface area (Å²) in [7, 11) is 0. The van der Waals surface area contributed by atoms with Gasteiger partial charge >= 0.3 is 182 Å². The van der Waals surface area contributed by atoms with Crippen molar-refractivity contribution in [2.75, 3.05) is 0 Å². The van der Waals surface area contributed by atoms with Crippen LogP contribution in [0.1, 0.15) is 11.1 Å². The van der Waals surface area contributed by atoms with Crippen LogP contribution < -0.4 is 0 Å². The molecule has 0 aliphatic heterocycles. The first-order valence-corrected chi connectivity index (χ1v) is 13.5. The molecule has 8 heteroatoms. The van der Waals surface area contributed by atoms with Crippen molar-refractivity contribution in [3.05, 3.63) is 46.2 Å². The number of aryl methyl sites for hydroxylation is 2. The fourth-order valence-electron chi connectivity index (χ4n) is 3.58. The molecule has 0 bridgehead atoms. The van der Waals surface area contributed by atoms with E-state index in [0.29, 0.717) is 0 Å². The molecule has 0 saturated heterocycles. The second kappa shape index (κ2) is 6.42. The third-order valence-electron chi connectivity index (χ3n) is 4.86. The molecule has 6 rings (SSSR count). The average molecular weight is 530 g/mol. The molecular weight excluding hydrogens is 518 g/mol. The van der Waals surface area contributed by atoms with Gasteiger partial charge in [-0.05, 0) is 0 Å². The Kier molecular flexibility index (Phi) is 3.95. The Morgan fingerprint density at radius 3 is 1.43 bits per heavy atom. The van der Waals surface area contributed by atoms with Gasteiger partial charge in [-0.15, -0.1) is 0 Å². The van der Waals surface area contributed by atoms with Gasteiger partial charge in [-0.25, -0.2) is 0 Å². The molecule has 0 saturated carbocycles. The standard InChI is InChI=1S/C20H12N4S2Se2/c1-9-3-15(25-7-9)13-5-11-12(17-19(13)23-27-21-17)6-14(16-4-10(2)8-26-16)20-18(11)22-28-24-20/h3-8H,1-2H3. The Morgan fingerprint density at radius 1 is 0.607 bits per heavy atom. The van der Waals surface area contributed by atoms with Gasteiger partial charge in [0.25, 0.3) is 0 Å². The molecule has 4 heterocycles. The van der Waals surface area contributed by atoms with Crippen LogP contribution in [0, 0.1) is 13.8 Å².